The van der Waals surface area contributed by atoms with Crippen LogP contribution in [0, 0.1) is 5.92 Å². The lowest BCUT2D eigenvalue weighted by Gasteiger charge is -2.30. The van der Waals surface area contributed by atoms with Crippen molar-refractivity contribution in [2.75, 3.05) is 13.7 Å². The Kier molecular flexibility index (Phi) is 6.02. The van der Waals surface area contributed by atoms with Crippen molar-refractivity contribution >= 4 is 0 Å². The third-order valence-corrected chi connectivity index (χ3v) is 3.23. The van der Waals surface area contributed by atoms with Gasteiger partial charge in [0.15, 0.2) is 0 Å². The Bertz CT molecular complexity index is 418. The first-order chi connectivity index (χ1) is 9.31. The van der Waals surface area contributed by atoms with Gasteiger partial charge in [0.25, 0.3) is 0 Å². The highest BCUT2D eigenvalue weighted by molar-refractivity contribution is 5.28. The van der Waals surface area contributed by atoms with Gasteiger partial charge in [-0.1, -0.05) is 26.0 Å². The number of hydrogen-bond donors (Lipinski definition) is 1. The number of likely N-dealkylation sites (N-methyl/N-ethyl adjacent to an activating group) is 1. The molecule has 2 nitrogen and oxygen atoms in total. The second kappa shape index (κ2) is 7.09. The molecule has 20 heavy (non-hydrogen) atoms. The summed E-state index contributed by atoms with van der Waals surface area (Å²) < 4.78 is 44.1. The fourth-order valence-corrected chi connectivity index (χ4v) is 2.30. The first kappa shape index (κ1) is 17.0. The maximum absolute atomic E-state index is 12.8. The van der Waals surface area contributed by atoms with Crippen LogP contribution in [0.15, 0.2) is 24.3 Å². The van der Waals surface area contributed by atoms with E-state index in [0.29, 0.717) is 12.2 Å². The summed E-state index contributed by atoms with van der Waals surface area (Å²) in [6.45, 7) is 6.41. The van der Waals surface area contributed by atoms with Crippen LogP contribution >= 0.6 is 0 Å². The lowest BCUT2D eigenvalue weighted by Crippen LogP contribution is -2.35. The van der Waals surface area contributed by atoms with Gasteiger partial charge in [-0.2, -0.15) is 13.2 Å². The largest absolute Gasteiger partial charge is 0.416 e. The fourth-order valence-electron chi connectivity index (χ4n) is 2.30. The Morgan fingerprint density at radius 2 is 1.90 bits per heavy atom. The van der Waals surface area contributed by atoms with Crippen molar-refractivity contribution in [3.63, 3.8) is 0 Å². The average molecular weight is 289 g/mol. The van der Waals surface area contributed by atoms with Crippen molar-refractivity contribution in [1.82, 2.24) is 5.32 Å². The zero-order chi connectivity index (χ0) is 15.3. The standard InChI is InChI=1S/C15H22F3NO/c1-5-20-14(10(2)3)13(19-4)11-7-6-8-12(9-11)15(16,17)18/h6-10,13-14,19H,5H2,1-4H3. The molecule has 0 spiro atoms. The summed E-state index contributed by atoms with van der Waals surface area (Å²) >= 11 is 0. The maximum Gasteiger partial charge on any atom is 0.416 e. The highest BCUT2D eigenvalue weighted by Gasteiger charge is 2.32. The average Bonchev–Trinajstić information content (AvgIpc) is 2.38. The molecule has 0 heterocycles. The Balaban J connectivity index is 3.11. The minimum atomic E-state index is -4.33. The summed E-state index contributed by atoms with van der Waals surface area (Å²) in [6.07, 6.45) is -4.50. The van der Waals surface area contributed by atoms with Gasteiger partial charge in [0.1, 0.15) is 0 Å². The number of ether oxygens (including phenoxy) is 1. The number of rotatable bonds is 6. The first-order valence-corrected chi connectivity index (χ1v) is 6.77. The van der Waals surface area contributed by atoms with Crippen LogP contribution in [0.1, 0.15) is 37.9 Å². The summed E-state index contributed by atoms with van der Waals surface area (Å²) in [5.74, 6) is 0.196. The van der Waals surface area contributed by atoms with Crippen LogP contribution in [0.4, 0.5) is 13.2 Å². The third-order valence-electron chi connectivity index (χ3n) is 3.23. The normalized spacial score (nSPS) is 15.4. The topological polar surface area (TPSA) is 21.3 Å². The first-order valence-electron chi connectivity index (χ1n) is 6.77. The molecule has 1 N–H and O–H groups in total. The quantitative estimate of drug-likeness (QED) is 0.854. The molecule has 0 amide bonds. The summed E-state index contributed by atoms with van der Waals surface area (Å²) in [7, 11) is 1.74. The van der Waals surface area contributed by atoms with E-state index in [2.05, 4.69) is 5.32 Å². The SMILES string of the molecule is CCOC(C(C)C)C(NC)c1cccc(C(F)(F)F)c1. The van der Waals surface area contributed by atoms with E-state index in [1.807, 2.05) is 20.8 Å². The molecule has 1 aromatic rings. The van der Waals surface area contributed by atoms with Gasteiger partial charge in [-0.25, -0.2) is 0 Å². The molecule has 5 heteroatoms. The van der Waals surface area contributed by atoms with Gasteiger partial charge in [0, 0.05) is 6.61 Å². The Hall–Kier alpha value is -1.07. The van der Waals surface area contributed by atoms with E-state index in [1.165, 1.54) is 12.1 Å². The maximum atomic E-state index is 12.8. The summed E-state index contributed by atoms with van der Waals surface area (Å²) in [5, 5.41) is 3.07. The Morgan fingerprint density at radius 1 is 1.25 bits per heavy atom. The molecule has 0 saturated carbocycles. The van der Waals surface area contributed by atoms with Crippen LogP contribution < -0.4 is 5.32 Å². The van der Waals surface area contributed by atoms with Gasteiger partial charge in [0.2, 0.25) is 0 Å². The van der Waals surface area contributed by atoms with Crippen LogP contribution in [-0.4, -0.2) is 19.8 Å². The third kappa shape index (κ3) is 4.21. The van der Waals surface area contributed by atoms with Crippen molar-refractivity contribution in [2.24, 2.45) is 5.92 Å². The number of alkyl halides is 3. The van der Waals surface area contributed by atoms with Crippen molar-refractivity contribution < 1.29 is 17.9 Å². The predicted octanol–water partition coefficient (Wildman–Crippen LogP) is 4.03. The van der Waals surface area contributed by atoms with E-state index >= 15 is 0 Å². The molecule has 0 aliphatic heterocycles. The monoisotopic (exact) mass is 289 g/mol. The number of hydrogen-bond acceptors (Lipinski definition) is 2. The van der Waals surface area contributed by atoms with Crippen molar-refractivity contribution in [3.8, 4) is 0 Å². The van der Waals surface area contributed by atoms with Crippen LogP contribution in [0.5, 0.6) is 0 Å². The molecule has 0 saturated heterocycles. The van der Waals surface area contributed by atoms with Crippen LogP contribution in [0.25, 0.3) is 0 Å². The van der Waals surface area contributed by atoms with E-state index in [-0.39, 0.29) is 18.1 Å². The second-order valence-electron chi connectivity index (χ2n) is 5.05. The van der Waals surface area contributed by atoms with Crippen molar-refractivity contribution in [3.05, 3.63) is 35.4 Å². The molecule has 2 unspecified atom stereocenters. The number of benzene rings is 1. The van der Waals surface area contributed by atoms with E-state index < -0.39 is 11.7 Å². The highest BCUT2D eigenvalue weighted by atomic mass is 19.4. The number of nitrogens with one attached hydrogen (secondary N) is 1. The summed E-state index contributed by atoms with van der Waals surface area (Å²) in [6, 6.07) is 5.14. The Labute approximate surface area is 118 Å². The molecular weight excluding hydrogens is 267 g/mol. The predicted molar refractivity (Wildman–Crippen MR) is 73.5 cm³/mol. The number of halogens is 3. The summed E-state index contributed by atoms with van der Waals surface area (Å²) in [5.41, 5.74) is -0.0382. The zero-order valence-electron chi connectivity index (χ0n) is 12.3. The Morgan fingerprint density at radius 3 is 2.35 bits per heavy atom. The minimum Gasteiger partial charge on any atom is -0.376 e. The molecule has 0 aliphatic carbocycles. The van der Waals surface area contributed by atoms with Crippen LogP contribution in [0.3, 0.4) is 0 Å². The molecule has 0 bridgehead atoms. The highest BCUT2D eigenvalue weighted by Crippen LogP contribution is 2.32. The van der Waals surface area contributed by atoms with Gasteiger partial charge in [-0.15, -0.1) is 0 Å². The van der Waals surface area contributed by atoms with Crippen molar-refractivity contribution in [2.45, 2.75) is 39.1 Å². The van der Waals surface area contributed by atoms with Crippen LogP contribution in [-0.2, 0) is 10.9 Å². The molecule has 2 atom stereocenters. The molecule has 1 rings (SSSR count). The summed E-state index contributed by atoms with van der Waals surface area (Å²) in [4.78, 5) is 0. The van der Waals surface area contributed by atoms with Gasteiger partial charge >= 0.3 is 6.18 Å². The smallest absolute Gasteiger partial charge is 0.376 e. The zero-order valence-corrected chi connectivity index (χ0v) is 12.3. The van der Waals surface area contributed by atoms with E-state index in [0.717, 1.165) is 6.07 Å². The molecule has 0 radical (unpaired) electrons. The molecule has 0 fully saturated rings. The molecule has 114 valence electrons. The van der Waals surface area contributed by atoms with E-state index in [1.54, 1.807) is 13.1 Å². The molecule has 0 aliphatic rings. The van der Waals surface area contributed by atoms with Crippen molar-refractivity contribution in [1.29, 1.82) is 0 Å². The molecule has 1 aromatic carbocycles. The molecular formula is C15H22F3NO. The van der Waals surface area contributed by atoms with Crippen LogP contribution in [0.2, 0.25) is 0 Å². The van der Waals surface area contributed by atoms with Gasteiger partial charge < -0.3 is 10.1 Å². The van der Waals surface area contributed by atoms with Gasteiger partial charge in [-0.3, -0.25) is 0 Å². The second-order valence-corrected chi connectivity index (χ2v) is 5.05. The van der Waals surface area contributed by atoms with Gasteiger partial charge in [-0.05, 0) is 37.6 Å². The lowest BCUT2D eigenvalue weighted by molar-refractivity contribution is -0.137. The molecule has 0 aromatic heterocycles. The lowest BCUT2D eigenvalue weighted by atomic mass is 9.92. The van der Waals surface area contributed by atoms with Gasteiger partial charge in [0.05, 0.1) is 17.7 Å². The van der Waals surface area contributed by atoms with E-state index in [4.69, 9.17) is 4.74 Å². The van der Waals surface area contributed by atoms with E-state index in [9.17, 15) is 13.2 Å². The minimum absolute atomic E-state index is 0.173. The fraction of sp³-hybridized carbons (Fsp3) is 0.600.